The highest BCUT2D eigenvalue weighted by molar-refractivity contribution is 5.78. The minimum atomic E-state index is -1.54. The topological polar surface area (TPSA) is 73.2 Å². The standard InChI is InChI=1S/C15H18FN3O2/c1-15(2,16)11-7-13-12(20-4-3-5-21-13)6-9(11)10-8-18-19-14(10)17/h6-8H,3-5H2,1-2H3,(H3,17,18,19). The van der Waals surface area contributed by atoms with Crippen LogP contribution in [0.1, 0.15) is 25.8 Å². The van der Waals surface area contributed by atoms with Gasteiger partial charge in [-0.1, -0.05) is 0 Å². The lowest BCUT2D eigenvalue weighted by molar-refractivity contribution is 0.221. The van der Waals surface area contributed by atoms with Gasteiger partial charge in [-0.25, -0.2) is 4.39 Å². The van der Waals surface area contributed by atoms with E-state index in [9.17, 15) is 4.39 Å². The molecule has 1 aromatic heterocycles. The highest BCUT2D eigenvalue weighted by Gasteiger charge is 2.27. The largest absolute Gasteiger partial charge is 0.490 e. The Balaban J connectivity index is 2.22. The van der Waals surface area contributed by atoms with Crippen LogP contribution in [0.15, 0.2) is 18.3 Å². The van der Waals surface area contributed by atoms with Crippen LogP contribution < -0.4 is 15.2 Å². The lowest BCUT2D eigenvalue weighted by Crippen LogP contribution is -2.12. The first kappa shape index (κ1) is 13.7. The molecular weight excluding hydrogens is 273 g/mol. The van der Waals surface area contributed by atoms with Crippen LogP contribution in [0.3, 0.4) is 0 Å². The molecule has 0 fully saturated rings. The summed E-state index contributed by atoms with van der Waals surface area (Å²) < 4.78 is 25.9. The summed E-state index contributed by atoms with van der Waals surface area (Å²) in [5.41, 5.74) is 6.16. The van der Waals surface area contributed by atoms with E-state index in [1.165, 1.54) is 13.8 Å². The molecule has 2 aromatic rings. The van der Waals surface area contributed by atoms with Crippen molar-refractivity contribution >= 4 is 5.82 Å². The molecule has 0 atom stereocenters. The number of nitrogen functional groups attached to an aromatic ring is 1. The van der Waals surface area contributed by atoms with E-state index in [4.69, 9.17) is 15.2 Å². The van der Waals surface area contributed by atoms with Crippen molar-refractivity contribution in [1.82, 2.24) is 10.2 Å². The summed E-state index contributed by atoms with van der Waals surface area (Å²) in [6, 6.07) is 3.47. The summed E-state index contributed by atoms with van der Waals surface area (Å²) in [5, 5.41) is 6.58. The molecule has 3 rings (SSSR count). The van der Waals surface area contributed by atoms with Crippen LogP contribution in [0.5, 0.6) is 11.5 Å². The number of aromatic nitrogens is 2. The fourth-order valence-corrected chi connectivity index (χ4v) is 2.43. The zero-order valence-electron chi connectivity index (χ0n) is 12.1. The number of alkyl halides is 1. The molecule has 0 radical (unpaired) electrons. The second-order valence-electron chi connectivity index (χ2n) is 5.56. The molecule has 0 saturated carbocycles. The first-order valence-electron chi connectivity index (χ1n) is 6.89. The number of halogens is 1. The molecule has 1 aliphatic heterocycles. The molecule has 21 heavy (non-hydrogen) atoms. The van der Waals surface area contributed by atoms with Gasteiger partial charge in [0.05, 0.1) is 19.4 Å². The van der Waals surface area contributed by atoms with E-state index in [1.54, 1.807) is 18.3 Å². The quantitative estimate of drug-likeness (QED) is 0.892. The molecule has 5 nitrogen and oxygen atoms in total. The number of anilines is 1. The summed E-state index contributed by atoms with van der Waals surface area (Å²) in [7, 11) is 0. The lowest BCUT2D eigenvalue weighted by atomic mass is 9.91. The van der Waals surface area contributed by atoms with Crippen molar-refractivity contribution in [3.05, 3.63) is 23.9 Å². The number of rotatable bonds is 2. The molecular formula is C15H18FN3O2. The number of nitrogens with zero attached hydrogens (tertiary/aromatic N) is 1. The summed E-state index contributed by atoms with van der Waals surface area (Å²) in [6.45, 7) is 4.15. The van der Waals surface area contributed by atoms with Gasteiger partial charge in [-0.15, -0.1) is 0 Å². The van der Waals surface area contributed by atoms with Crippen molar-refractivity contribution in [3.63, 3.8) is 0 Å². The summed E-state index contributed by atoms with van der Waals surface area (Å²) in [5.74, 6) is 1.57. The molecule has 6 heteroatoms. The van der Waals surface area contributed by atoms with Gasteiger partial charge in [-0.3, -0.25) is 5.10 Å². The second kappa shape index (κ2) is 4.95. The lowest BCUT2D eigenvalue weighted by Gasteiger charge is -2.21. The fourth-order valence-electron chi connectivity index (χ4n) is 2.43. The van der Waals surface area contributed by atoms with E-state index >= 15 is 0 Å². The third-order valence-electron chi connectivity index (χ3n) is 3.49. The first-order chi connectivity index (χ1) is 9.97. The Morgan fingerprint density at radius 2 is 1.86 bits per heavy atom. The molecule has 0 unspecified atom stereocenters. The van der Waals surface area contributed by atoms with E-state index in [0.717, 1.165) is 6.42 Å². The average Bonchev–Trinajstić information content (AvgIpc) is 2.71. The Hall–Kier alpha value is -2.24. The maximum Gasteiger partial charge on any atom is 0.161 e. The molecule has 0 bridgehead atoms. The van der Waals surface area contributed by atoms with Gasteiger partial charge in [0, 0.05) is 17.5 Å². The zero-order valence-corrected chi connectivity index (χ0v) is 12.1. The Kier molecular flexibility index (Phi) is 3.23. The van der Waals surface area contributed by atoms with Gasteiger partial charge in [-0.05, 0) is 31.5 Å². The van der Waals surface area contributed by atoms with Gasteiger partial charge in [0.1, 0.15) is 11.5 Å². The second-order valence-corrected chi connectivity index (χ2v) is 5.56. The highest BCUT2D eigenvalue weighted by atomic mass is 19.1. The summed E-state index contributed by atoms with van der Waals surface area (Å²) >= 11 is 0. The fraction of sp³-hybridized carbons (Fsp3) is 0.400. The highest BCUT2D eigenvalue weighted by Crippen LogP contribution is 2.43. The van der Waals surface area contributed by atoms with Crippen molar-refractivity contribution < 1.29 is 13.9 Å². The number of nitrogens with two attached hydrogens (primary N) is 1. The van der Waals surface area contributed by atoms with Gasteiger partial charge in [0.25, 0.3) is 0 Å². The van der Waals surface area contributed by atoms with Gasteiger partial charge in [-0.2, -0.15) is 5.10 Å². The Morgan fingerprint density at radius 1 is 1.19 bits per heavy atom. The van der Waals surface area contributed by atoms with Crippen LogP contribution in [0.25, 0.3) is 11.1 Å². The molecule has 2 heterocycles. The number of hydrogen-bond acceptors (Lipinski definition) is 4. The maximum absolute atomic E-state index is 14.6. The third kappa shape index (κ3) is 2.53. The van der Waals surface area contributed by atoms with Crippen LogP contribution >= 0.6 is 0 Å². The molecule has 0 spiro atoms. The summed E-state index contributed by atoms with van der Waals surface area (Å²) in [4.78, 5) is 0. The third-order valence-corrected chi connectivity index (χ3v) is 3.49. The van der Waals surface area contributed by atoms with E-state index in [1.807, 2.05) is 0 Å². The Bertz CT molecular complexity index is 661. The number of hydrogen-bond donors (Lipinski definition) is 2. The predicted octanol–water partition coefficient (Wildman–Crippen LogP) is 3.02. The van der Waals surface area contributed by atoms with E-state index < -0.39 is 5.67 Å². The first-order valence-corrected chi connectivity index (χ1v) is 6.89. The number of H-pyrrole nitrogens is 1. The van der Waals surface area contributed by atoms with Crippen molar-refractivity contribution in [2.75, 3.05) is 18.9 Å². The van der Waals surface area contributed by atoms with Crippen LogP contribution in [0.4, 0.5) is 10.2 Å². The van der Waals surface area contributed by atoms with Gasteiger partial charge in [0.15, 0.2) is 11.5 Å². The van der Waals surface area contributed by atoms with Crippen molar-refractivity contribution in [1.29, 1.82) is 0 Å². The number of nitrogens with one attached hydrogen (secondary N) is 1. The van der Waals surface area contributed by atoms with Crippen LogP contribution in [0.2, 0.25) is 0 Å². The van der Waals surface area contributed by atoms with E-state index in [2.05, 4.69) is 10.2 Å². The maximum atomic E-state index is 14.6. The predicted molar refractivity (Wildman–Crippen MR) is 78.2 cm³/mol. The van der Waals surface area contributed by atoms with Gasteiger partial charge in [0.2, 0.25) is 0 Å². The monoisotopic (exact) mass is 291 g/mol. The molecule has 0 aliphatic carbocycles. The number of ether oxygens (including phenoxy) is 2. The van der Waals surface area contributed by atoms with Crippen molar-refractivity contribution in [2.24, 2.45) is 0 Å². The van der Waals surface area contributed by atoms with Crippen LogP contribution in [-0.4, -0.2) is 23.4 Å². The Morgan fingerprint density at radius 3 is 2.43 bits per heavy atom. The van der Waals surface area contributed by atoms with Gasteiger partial charge < -0.3 is 15.2 Å². The smallest absolute Gasteiger partial charge is 0.161 e. The van der Waals surface area contributed by atoms with Crippen molar-refractivity contribution in [3.8, 4) is 22.6 Å². The molecule has 0 amide bonds. The SMILES string of the molecule is CC(C)(F)c1cc2c(cc1-c1cn[nH]c1N)OCCCO2. The zero-order chi connectivity index (χ0) is 15.0. The van der Waals surface area contributed by atoms with Crippen LogP contribution in [-0.2, 0) is 5.67 Å². The number of fused-ring (bicyclic) bond motifs is 1. The van der Waals surface area contributed by atoms with Crippen LogP contribution in [0, 0.1) is 0 Å². The van der Waals surface area contributed by atoms with Gasteiger partial charge >= 0.3 is 0 Å². The molecule has 3 N–H and O–H groups in total. The van der Waals surface area contributed by atoms with Crippen molar-refractivity contribution in [2.45, 2.75) is 25.9 Å². The summed E-state index contributed by atoms with van der Waals surface area (Å²) in [6.07, 6.45) is 2.38. The van der Waals surface area contributed by atoms with E-state index in [0.29, 0.717) is 47.2 Å². The molecule has 1 aliphatic rings. The molecule has 1 aromatic carbocycles. The molecule has 112 valence electrons. The number of benzene rings is 1. The minimum Gasteiger partial charge on any atom is -0.490 e. The minimum absolute atomic E-state index is 0.398. The molecule has 0 saturated heterocycles. The van der Waals surface area contributed by atoms with E-state index in [-0.39, 0.29) is 0 Å². The Labute approximate surface area is 122 Å². The normalized spacial score (nSPS) is 14.8. The number of aromatic amines is 1. The average molecular weight is 291 g/mol.